The lowest BCUT2D eigenvalue weighted by Crippen LogP contribution is -2.40. The third kappa shape index (κ3) is 4.84. The van der Waals surface area contributed by atoms with Gasteiger partial charge >= 0.3 is 0 Å². The number of amides is 2. The molecule has 1 atom stereocenters. The second-order valence-corrected chi connectivity index (χ2v) is 5.72. The minimum absolute atomic E-state index is 0.00729. The van der Waals surface area contributed by atoms with Crippen LogP contribution in [-0.4, -0.2) is 42.5 Å². The SMILES string of the molecule is CC(=O)N(CCNC(=O)C1CCCO1)Cc1cccc(C)c1. The number of nitrogens with zero attached hydrogens (tertiary/aromatic N) is 1. The van der Waals surface area contributed by atoms with Crippen LogP contribution in [0.25, 0.3) is 0 Å². The van der Waals surface area contributed by atoms with Crippen molar-refractivity contribution in [3.05, 3.63) is 35.4 Å². The van der Waals surface area contributed by atoms with Crippen molar-refractivity contribution in [2.24, 2.45) is 0 Å². The van der Waals surface area contributed by atoms with E-state index in [-0.39, 0.29) is 17.9 Å². The zero-order valence-corrected chi connectivity index (χ0v) is 13.3. The number of hydrogen-bond acceptors (Lipinski definition) is 3. The predicted molar refractivity (Wildman–Crippen MR) is 84.3 cm³/mol. The molecule has 1 aliphatic heterocycles. The van der Waals surface area contributed by atoms with Gasteiger partial charge in [-0.1, -0.05) is 29.8 Å². The first-order valence-corrected chi connectivity index (χ1v) is 7.76. The Bertz CT molecular complexity index is 524. The lowest BCUT2D eigenvalue weighted by Gasteiger charge is -2.22. The first-order chi connectivity index (χ1) is 10.6. The quantitative estimate of drug-likeness (QED) is 0.869. The van der Waals surface area contributed by atoms with Crippen LogP contribution in [0.3, 0.4) is 0 Å². The van der Waals surface area contributed by atoms with Gasteiger partial charge in [-0.05, 0) is 25.3 Å². The van der Waals surface area contributed by atoms with E-state index < -0.39 is 0 Å². The van der Waals surface area contributed by atoms with Crippen LogP contribution in [0, 0.1) is 6.92 Å². The van der Waals surface area contributed by atoms with Crippen LogP contribution < -0.4 is 5.32 Å². The minimum atomic E-state index is -0.317. The maximum absolute atomic E-state index is 11.9. The number of hydrogen-bond donors (Lipinski definition) is 1. The lowest BCUT2D eigenvalue weighted by molar-refractivity contribution is -0.132. The summed E-state index contributed by atoms with van der Waals surface area (Å²) >= 11 is 0. The molecule has 1 unspecified atom stereocenters. The molecule has 0 aromatic heterocycles. The van der Waals surface area contributed by atoms with E-state index in [2.05, 4.69) is 11.4 Å². The van der Waals surface area contributed by atoms with Crippen LogP contribution in [0.5, 0.6) is 0 Å². The van der Waals surface area contributed by atoms with Crippen molar-refractivity contribution in [2.45, 2.75) is 39.3 Å². The summed E-state index contributed by atoms with van der Waals surface area (Å²) < 4.78 is 5.34. The standard InChI is InChI=1S/C17H24N2O3/c1-13-5-3-6-15(11-13)12-19(14(2)20)9-8-18-17(21)16-7-4-10-22-16/h3,5-6,11,16H,4,7-10,12H2,1-2H3,(H,18,21). The zero-order valence-electron chi connectivity index (χ0n) is 13.3. The number of rotatable bonds is 6. The molecule has 22 heavy (non-hydrogen) atoms. The van der Waals surface area contributed by atoms with Crippen LogP contribution >= 0.6 is 0 Å². The van der Waals surface area contributed by atoms with Gasteiger partial charge in [0.25, 0.3) is 0 Å². The Kier molecular flexibility index (Phi) is 5.95. The van der Waals surface area contributed by atoms with Gasteiger partial charge in [0.05, 0.1) is 0 Å². The van der Waals surface area contributed by atoms with Crippen molar-refractivity contribution in [1.29, 1.82) is 0 Å². The van der Waals surface area contributed by atoms with E-state index in [9.17, 15) is 9.59 Å². The molecule has 2 rings (SSSR count). The highest BCUT2D eigenvalue weighted by molar-refractivity contribution is 5.81. The maximum Gasteiger partial charge on any atom is 0.249 e. The molecule has 1 heterocycles. The van der Waals surface area contributed by atoms with Crippen molar-refractivity contribution in [3.8, 4) is 0 Å². The largest absolute Gasteiger partial charge is 0.368 e. The third-order valence-corrected chi connectivity index (χ3v) is 3.80. The number of benzene rings is 1. The summed E-state index contributed by atoms with van der Waals surface area (Å²) in [6.45, 7) is 5.75. The van der Waals surface area contributed by atoms with E-state index in [1.807, 2.05) is 25.1 Å². The van der Waals surface area contributed by atoms with Gasteiger partial charge in [-0.2, -0.15) is 0 Å². The van der Waals surface area contributed by atoms with E-state index in [0.717, 1.165) is 18.4 Å². The molecular formula is C17H24N2O3. The first-order valence-electron chi connectivity index (χ1n) is 7.76. The first kappa shape index (κ1) is 16.5. The van der Waals surface area contributed by atoms with Gasteiger partial charge in [0, 0.05) is 33.2 Å². The molecule has 5 nitrogen and oxygen atoms in total. The molecule has 2 amide bonds. The number of carbonyl (C=O) groups is 2. The van der Waals surface area contributed by atoms with Gasteiger partial charge in [-0.25, -0.2) is 0 Å². The van der Waals surface area contributed by atoms with Crippen LogP contribution in [0.15, 0.2) is 24.3 Å². The van der Waals surface area contributed by atoms with Gasteiger partial charge in [0.2, 0.25) is 11.8 Å². The topological polar surface area (TPSA) is 58.6 Å². The Labute approximate surface area is 131 Å². The fraction of sp³-hybridized carbons (Fsp3) is 0.529. The molecule has 0 spiro atoms. The van der Waals surface area contributed by atoms with Crippen molar-refractivity contribution in [1.82, 2.24) is 10.2 Å². The maximum atomic E-state index is 11.9. The van der Waals surface area contributed by atoms with Crippen molar-refractivity contribution < 1.29 is 14.3 Å². The molecule has 0 aliphatic carbocycles. The minimum Gasteiger partial charge on any atom is -0.368 e. The Morgan fingerprint density at radius 2 is 2.23 bits per heavy atom. The third-order valence-electron chi connectivity index (χ3n) is 3.80. The molecule has 1 saturated heterocycles. The molecule has 1 fully saturated rings. The summed E-state index contributed by atoms with van der Waals surface area (Å²) in [7, 11) is 0. The second kappa shape index (κ2) is 7.94. The zero-order chi connectivity index (χ0) is 15.9. The van der Waals surface area contributed by atoms with Crippen LogP contribution in [0.2, 0.25) is 0 Å². The number of aryl methyl sites for hydroxylation is 1. The summed E-state index contributed by atoms with van der Waals surface area (Å²) in [5.74, 6) is -0.0653. The molecule has 1 aromatic rings. The fourth-order valence-corrected chi connectivity index (χ4v) is 2.59. The van der Waals surface area contributed by atoms with E-state index in [4.69, 9.17) is 4.74 Å². The van der Waals surface area contributed by atoms with Crippen LogP contribution in [0.1, 0.15) is 30.9 Å². The summed E-state index contributed by atoms with van der Waals surface area (Å²) in [5, 5.41) is 2.85. The number of ether oxygens (including phenoxy) is 1. The molecule has 1 aliphatic rings. The fourth-order valence-electron chi connectivity index (χ4n) is 2.59. The smallest absolute Gasteiger partial charge is 0.249 e. The molecule has 0 saturated carbocycles. The second-order valence-electron chi connectivity index (χ2n) is 5.72. The van der Waals surface area contributed by atoms with Gasteiger partial charge < -0.3 is 15.0 Å². The Hall–Kier alpha value is -1.88. The molecule has 5 heteroatoms. The summed E-state index contributed by atoms with van der Waals surface area (Å²) in [5.41, 5.74) is 2.27. The summed E-state index contributed by atoms with van der Waals surface area (Å²) in [6, 6.07) is 8.10. The Morgan fingerprint density at radius 1 is 1.41 bits per heavy atom. The molecule has 0 radical (unpaired) electrons. The molecular weight excluding hydrogens is 280 g/mol. The highest BCUT2D eigenvalue weighted by Crippen LogP contribution is 2.11. The van der Waals surface area contributed by atoms with Gasteiger partial charge in [-0.3, -0.25) is 9.59 Å². The highest BCUT2D eigenvalue weighted by Gasteiger charge is 2.23. The number of carbonyl (C=O) groups excluding carboxylic acids is 2. The van der Waals surface area contributed by atoms with Crippen molar-refractivity contribution in [3.63, 3.8) is 0 Å². The van der Waals surface area contributed by atoms with Gasteiger partial charge in [0.15, 0.2) is 0 Å². The van der Waals surface area contributed by atoms with Gasteiger partial charge in [0.1, 0.15) is 6.10 Å². The molecule has 1 N–H and O–H groups in total. The summed E-state index contributed by atoms with van der Waals surface area (Å²) in [4.78, 5) is 25.4. The Balaban J connectivity index is 1.81. The molecule has 120 valence electrons. The van der Waals surface area contributed by atoms with E-state index in [1.54, 1.807) is 11.8 Å². The van der Waals surface area contributed by atoms with Crippen LogP contribution in [0.4, 0.5) is 0 Å². The van der Waals surface area contributed by atoms with E-state index in [0.29, 0.717) is 26.2 Å². The van der Waals surface area contributed by atoms with E-state index in [1.165, 1.54) is 5.56 Å². The number of nitrogens with one attached hydrogen (secondary N) is 1. The van der Waals surface area contributed by atoms with Crippen molar-refractivity contribution in [2.75, 3.05) is 19.7 Å². The Morgan fingerprint density at radius 3 is 2.86 bits per heavy atom. The van der Waals surface area contributed by atoms with Gasteiger partial charge in [-0.15, -0.1) is 0 Å². The average molecular weight is 304 g/mol. The van der Waals surface area contributed by atoms with Crippen molar-refractivity contribution >= 4 is 11.8 Å². The summed E-state index contributed by atoms with van der Waals surface area (Å²) in [6.07, 6.45) is 1.40. The lowest BCUT2D eigenvalue weighted by atomic mass is 10.1. The predicted octanol–water partition coefficient (Wildman–Crippen LogP) is 1.64. The van der Waals surface area contributed by atoms with E-state index >= 15 is 0 Å². The van der Waals surface area contributed by atoms with Crippen LogP contribution in [-0.2, 0) is 20.9 Å². The average Bonchev–Trinajstić information content (AvgIpc) is 3.00. The molecule has 1 aromatic carbocycles. The molecule has 0 bridgehead atoms. The monoisotopic (exact) mass is 304 g/mol. The normalized spacial score (nSPS) is 17.3. The highest BCUT2D eigenvalue weighted by atomic mass is 16.5.